The van der Waals surface area contributed by atoms with Gasteiger partial charge in [0.1, 0.15) is 0 Å². The van der Waals surface area contributed by atoms with Gasteiger partial charge in [0.2, 0.25) is 0 Å². The summed E-state index contributed by atoms with van der Waals surface area (Å²) in [7, 11) is 0. The lowest BCUT2D eigenvalue weighted by molar-refractivity contribution is 1.10. The van der Waals surface area contributed by atoms with Crippen LogP contribution < -0.4 is 0 Å². The van der Waals surface area contributed by atoms with E-state index in [-0.39, 0.29) is 0 Å². The molecule has 53 heavy (non-hydrogen) atoms. The van der Waals surface area contributed by atoms with E-state index in [4.69, 9.17) is 0 Å². The van der Waals surface area contributed by atoms with Gasteiger partial charge < -0.3 is 4.57 Å². The average Bonchev–Trinajstić information content (AvgIpc) is 3.69. The first kappa shape index (κ1) is 30.8. The zero-order valence-corrected chi connectivity index (χ0v) is 29.2. The summed E-state index contributed by atoms with van der Waals surface area (Å²) in [6.07, 6.45) is 0. The van der Waals surface area contributed by atoms with E-state index in [1.165, 1.54) is 88.2 Å². The molecule has 248 valence electrons. The van der Waals surface area contributed by atoms with E-state index in [0.717, 1.165) is 5.69 Å². The molecule has 10 rings (SSSR count). The summed E-state index contributed by atoms with van der Waals surface area (Å²) in [6, 6.07) is 77.1. The van der Waals surface area contributed by atoms with Gasteiger partial charge in [0.05, 0.1) is 11.4 Å². The Hall–Kier alpha value is -6.96. The molecule has 0 amide bonds. The van der Waals surface area contributed by atoms with Crippen LogP contribution in [0, 0.1) is 0 Å². The molecular weight excluding hydrogens is 639 g/mol. The van der Waals surface area contributed by atoms with Gasteiger partial charge in [-0.1, -0.05) is 176 Å². The number of benzene rings is 9. The molecule has 0 unspecified atom stereocenters. The zero-order chi connectivity index (χ0) is 35.1. The molecule has 1 heteroatoms. The summed E-state index contributed by atoms with van der Waals surface area (Å²) < 4.78 is 2.39. The molecular formula is C52H35N. The van der Waals surface area contributed by atoms with Crippen LogP contribution in [-0.2, 0) is 0 Å². The Labute approximate surface area is 309 Å². The molecule has 1 heterocycles. The Morgan fingerprint density at radius 3 is 1.23 bits per heavy atom. The number of aromatic nitrogens is 1. The lowest BCUT2D eigenvalue weighted by Gasteiger charge is -2.19. The highest BCUT2D eigenvalue weighted by molar-refractivity contribution is 6.22. The van der Waals surface area contributed by atoms with Crippen molar-refractivity contribution < 1.29 is 0 Å². The van der Waals surface area contributed by atoms with Crippen LogP contribution in [-0.4, -0.2) is 4.57 Å². The fraction of sp³-hybridized carbons (Fsp3) is 0. The molecule has 1 aromatic heterocycles. The molecule has 0 bridgehead atoms. The maximum atomic E-state index is 2.41. The first-order valence-corrected chi connectivity index (χ1v) is 18.3. The van der Waals surface area contributed by atoms with Crippen molar-refractivity contribution in [3.8, 4) is 61.6 Å². The highest BCUT2D eigenvalue weighted by Crippen LogP contribution is 2.45. The molecule has 0 aliphatic carbocycles. The van der Waals surface area contributed by atoms with E-state index >= 15 is 0 Å². The van der Waals surface area contributed by atoms with Crippen LogP contribution in [0.3, 0.4) is 0 Å². The minimum absolute atomic E-state index is 1.14. The molecule has 0 aliphatic heterocycles. The van der Waals surface area contributed by atoms with Gasteiger partial charge in [-0.2, -0.15) is 0 Å². The minimum atomic E-state index is 1.14. The second kappa shape index (κ2) is 13.0. The Morgan fingerprint density at radius 1 is 0.245 bits per heavy atom. The number of fused-ring (bicyclic) bond motifs is 3. The molecule has 10 aromatic rings. The summed E-state index contributed by atoms with van der Waals surface area (Å²) in [5.41, 5.74) is 13.3. The van der Waals surface area contributed by atoms with Gasteiger partial charge in [-0.05, 0) is 113 Å². The third-order valence-electron chi connectivity index (χ3n) is 10.6. The van der Waals surface area contributed by atoms with Crippen LogP contribution in [0.4, 0.5) is 0 Å². The molecule has 1 nitrogen and oxygen atoms in total. The van der Waals surface area contributed by atoms with Gasteiger partial charge >= 0.3 is 0 Å². The first-order chi connectivity index (χ1) is 26.3. The Balaban J connectivity index is 1.14. The Morgan fingerprint density at radius 2 is 0.660 bits per heavy atom. The van der Waals surface area contributed by atoms with Crippen molar-refractivity contribution in [2.24, 2.45) is 0 Å². The van der Waals surface area contributed by atoms with Crippen molar-refractivity contribution in [2.75, 3.05) is 0 Å². The summed E-state index contributed by atoms with van der Waals surface area (Å²) >= 11 is 0. The fourth-order valence-electron chi connectivity index (χ4n) is 8.12. The Bertz CT molecular complexity index is 2850. The largest absolute Gasteiger partial charge is 0.309 e. The lowest BCUT2D eigenvalue weighted by atomic mass is 9.85. The smallest absolute Gasteiger partial charge is 0.0535 e. The number of rotatable bonds is 6. The monoisotopic (exact) mass is 673 g/mol. The minimum Gasteiger partial charge on any atom is -0.309 e. The summed E-state index contributed by atoms with van der Waals surface area (Å²) in [4.78, 5) is 0. The van der Waals surface area contributed by atoms with Crippen molar-refractivity contribution in [2.45, 2.75) is 0 Å². The second-order valence-corrected chi connectivity index (χ2v) is 13.7. The van der Waals surface area contributed by atoms with E-state index in [0.29, 0.717) is 0 Å². The molecule has 0 spiro atoms. The topological polar surface area (TPSA) is 4.93 Å². The predicted molar refractivity (Wildman–Crippen MR) is 225 cm³/mol. The molecule has 0 N–H and O–H groups in total. The molecule has 0 saturated carbocycles. The fourth-order valence-corrected chi connectivity index (χ4v) is 8.12. The Kier molecular flexibility index (Phi) is 7.55. The summed E-state index contributed by atoms with van der Waals surface area (Å²) in [6.45, 7) is 0. The molecule has 0 radical (unpaired) electrons. The molecule has 0 fully saturated rings. The van der Waals surface area contributed by atoms with Gasteiger partial charge in [-0.3, -0.25) is 0 Å². The van der Waals surface area contributed by atoms with E-state index in [1.807, 2.05) is 0 Å². The van der Waals surface area contributed by atoms with Crippen molar-refractivity contribution in [3.05, 3.63) is 212 Å². The SMILES string of the molecule is c1ccc(-c2c3ccccc3c(-c3ccccc3)c3cc(-c4ccc5cc(-n6c(-c7ccccc7)ccc6-c6ccccc6)ccc5c4)ccc23)cc1. The van der Waals surface area contributed by atoms with E-state index < -0.39 is 0 Å². The molecule has 9 aromatic carbocycles. The van der Waals surface area contributed by atoms with Crippen LogP contribution in [0.1, 0.15) is 0 Å². The van der Waals surface area contributed by atoms with Gasteiger partial charge in [-0.15, -0.1) is 0 Å². The van der Waals surface area contributed by atoms with Gasteiger partial charge in [-0.25, -0.2) is 0 Å². The van der Waals surface area contributed by atoms with E-state index in [9.17, 15) is 0 Å². The van der Waals surface area contributed by atoms with Gasteiger partial charge in [0.25, 0.3) is 0 Å². The third kappa shape index (κ3) is 5.42. The first-order valence-electron chi connectivity index (χ1n) is 18.3. The normalized spacial score (nSPS) is 11.4. The quantitative estimate of drug-likeness (QED) is 0.155. The van der Waals surface area contributed by atoms with Crippen molar-refractivity contribution in [1.29, 1.82) is 0 Å². The van der Waals surface area contributed by atoms with Crippen LogP contribution in [0.5, 0.6) is 0 Å². The highest BCUT2D eigenvalue weighted by Gasteiger charge is 2.18. The van der Waals surface area contributed by atoms with Crippen LogP contribution in [0.25, 0.3) is 93.9 Å². The maximum absolute atomic E-state index is 2.41. The number of nitrogens with zero attached hydrogens (tertiary/aromatic N) is 1. The molecule has 0 atom stereocenters. The molecule has 0 saturated heterocycles. The van der Waals surface area contributed by atoms with Crippen LogP contribution in [0.15, 0.2) is 212 Å². The zero-order valence-electron chi connectivity index (χ0n) is 29.2. The lowest BCUT2D eigenvalue weighted by Crippen LogP contribution is -1.99. The summed E-state index contributed by atoms with van der Waals surface area (Å²) in [5, 5.41) is 7.49. The van der Waals surface area contributed by atoms with Crippen LogP contribution in [0.2, 0.25) is 0 Å². The van der Waals surface area contributed by atoms with E-state index in [1.54, 1.807) is 0 Å². The number of hydrogen-bond acceptors (Lipinski definition) is 0. The standard InChI is InChI=1S/C52H35N/c1-5-15-36(16-6-1)49-31-32-50(37-17-7-2-8-18-37)53(49)44-29-27-41-33-40(25-26-42(41)34-44)43-28-30-47-48(35-43)52(39-21-11-4-12-22-39)46-24-14-13-23-45(46)51(47)38-19-9-3-10-20-38/h1-35H. The molecule has 0 aliphatic rings. The summed E-state index contributed by atoms with van der Waals surface area (Å²) in [5.74, 6) is 0. The third-order valence-corrected chi connectivity index (χ3v) is 10.6. The van der Waals surface area contributed by atoms with Crippen LogP contribution >= 0.6 is 0 Å². The van der Waals surface area contributed by atoms with Crippen molar-refractivity contribution in [1.82, 2.24) is 4.57 Å². The average molecular weight is 674 g/mol. The van der Waals surface area contributed by atoms with Crippen molar-refractivity contribution >= 4 is 32.3 Å². The van der Waals surface area contributed by atoms with Gasteiger partial charge in [0.15, 0.2) is 0 Å². The highest BCUT2D eigenvalue weighted by atomic mass is 15.0. The number of hydrogen-bond donors (Lipinski definition) is 0. The van der Waals surface area contributed by atoms with E-state index in [2.05, 4.69) is 217 Å². The van der Waals surface area contributed by atoms with Crippen molar-refractivity contribution in [3.63, 3.8) is 0 Å². The predicted octanol–water partition coefficient (Wildman–Crippen LogP) is 14.3. The maximum Gasteiger partial charge on any atom is 0.0535 e. The second-order valence-electron chi connectivity index (χ2n) is 13.7. The van der Waals surface area contributed by atoms with Gasteiger partial charge in [0, 0.05) is 5.69 Å².